The quantitative estimate of drug-likeness (QED) is 0.849. The van der Waals surface area contributed by atoms with Gasteiger partial charge in [0.05, 0.1) is 19.1 Å². The number of hydrogen-bond donors (Lipinski definition) is 1. The summed E-state index contributed by atoms with van der Waals surface area (Å²) < 4.78 is 15.1. The summed E-state index contributed by atoms with van der Waals surface area (Å²) >= 11 is 0. The number of aliphatic hydroxyl groups is 1. The Bertz CT molecular complexity index is 688. The van der Waals surface area contributed by atoms with E-state index in [1.54, 1.807) is 19.1 Å². The number of hydrogen-bond acceptors (Lipinski definition) is 6. The molecule has 0 amide bonds. The maximum atomic E-state index is 12.2. The molecule has 1 atom stereocenters. The van der Waals surface area contributed by atoms with E-state index >= 15 is 0 Å². The molecule has 6 heteroatoms. The third-order valence-corrected chi connectivity index (χ3v) is 2.74. The first kappa shape index (κ1) is 14.1. The Labute approximate surface area is 114 Å². The van der Waals surface area contributed by atoms with Gasteiger partial charge in [0, 0.05) is 0 Å². The number of rotatable bonds is 4. The van der Waals surface area contributed by atoms with E-state index in [4.69, 9.17) is 14.3 Å². The van der Waals surface area contributed by atoms with Gasteiger partial charge in [0.15, 0.2) is 0 Å². The molecule has 0 radical (unpaired) electrons. The molecule has 106 valence electrons. The van der Waals surface area contributed by atoms with E-state index in [0.717, 1.165) is 6.26 Å². The second-order valence-corrected chi connectivity index (χ2v) is 4.24. The van der Waals surface area contributed by atoms with Crippen molar-refractivity contribution in [1.82, 2.24) is 0 Å². The van der Waals surface area contributed by atoms with E-state index in [-0.39, 0.29) is 17.6 Å². The SMILES string of the molecule is COC(=O)c1coc2ccc(OC(C)CO)cc2c1=O. The number of carbonyl (C=O) groups is 1. The fourth-order valence-corrected chi connectivity index (χ4v) is 1.70. The minimum atomic E-state index is -0.754. The Morgan fingerprint density at radius 3 is 2.85 bits per heavy atom. The molecule has 0 fully saturated rings. The first-order valence-corrected chi connectivity index (χ1v) is 5.98. The van der Waals surface area contributed by atoms with Crippen molar-refractivity contribution in [1.29, 1.82) is 0 Å². The Balaban J connectivity index is 2.52. The molecule has 0 bridgehead atoms. The topological polar surface area (TPSA) is 86.0 Å². The van der Waals surface area contributed by atoms with Crippen molar-refractivity contribution in [3.63, 3.8) is 0 Å². The maximum Gasteiger partial charge on any atom is 0.345 e. The minimum absolute atomic E-state index is 0.144. The lowest BCUT2D eigenvalue weighted by Crippen LogP contribution is -2.17. The number of aliphatic hydroxyl groups excluding tert-OH is 1. The molecule has 0 saturated heterocycles. The molecule has 0 saturated carbocycles. The predicted molar refractivity (Wildman–Crippen MR) is 71.0 cm³/mol. The highest BCUT2D eigenvalue weighted by molar-refractivity contribution is 5.92. The third-order valence-electron chi connectivity index (χ3n) is 2.74. The van der Waals surface area contributed by atoms with Crippen LogP contribution in [0.5, 0.6) is 5.75 Å². The summed E-state index contributed by atoms with van der Waals surface area (Å²) in [6.07, 6.45) is 0.677. The van der Waals surface area contributed by atoms with Crippen LogP contribution in [0.4, 0.5) is 0 Å². The van der Waals surface area contributed by atoms with Crippen LogP contribution < -0.4 is 10.2 Å². The second-order valence-electron chi connectivity index (χ2n) is 4.24. The van der Waals surface area contributed by atoms with Gasteiger partial charge in [-0.2, -0.15) is 0 Å². The summed E-state index contributed by atoms with van der Waals surface area (Å²) in [6.45, 7) is 1.55. The zero-order valence-corrected chi connectivity index (χ0v) is 11.1. The Kier molecular flexibility index (Phi) is 4.05. The van der Waals surface area contributed by atoms with Crippen molar-refractivity contribution >= 4 is 16.9 Å². The number of methoxy groups -OCH3 is 1. The summed E-state index contributed by atoms with van der Waals surface area (Å²) in [5, 5.41) is 9.16. The summed E-state index contributed by atoms with van der Waals surface area (Å²) in [5.41, 5.74) is -0.320. The highest BCUT2D eigenvalue weighted by Gasteiger charge is 2.15. The second kappa shape index (κ2) is 5.75. The van der Waals surface area contributed by atoms with Gasteiger partial charge < -0.3 is 19.0 Å². The molecule has 2 rings (SSSR count). The van der Waals surface area contributed by atoms with Gasteiger partial charge in [-0.3, -0.25) is 4.79 Å². The summed E-state index contributed by atoms with van der Waals surface area (Å²) in [6, 6.07) is 4.66. The molecule has 0 aliphatic rings. The van der Waals surface area contributed by atoms with Gasteiger partial charge in [-0.15, -0.1) is 0 Å². The van der Waals surface area contributed by atoms with Crippen molar-refractivity contribution in [2.75, 3.05) is 13.7 Å². The van der Waals surface area contributed by atoms with E-state index in [2.05, 4.69) is 4.74 Å². The fraction of sp³-hybridized carbons (Fsp3) is 0.286. The Morgan fingerprint density at radius 2 is 2.20 bits per heavy atom. The van der Waals surface area contributed by atoms with Gasteiger partial charge in [0.25, 0.3) is 0 Å². The molecule has 1 unspecified atom stereocenters. The molecule has 1 N–H and O–H groups in total. The van der Waals surface area contributed by atoms with Crippen LogP contribution in [-0.2, 0) is 4.74 Å². The number of fused-ring (bicyclic) bond motifs is 1. The Morgan fingerprint density at radius 1 is 1.45 bits per heavy atom. The van der Waals surface area contributed by atoms with Crippen molar-refractivity contribution in [3.05, 3.63) is 40.2 Å². The zero-order chi connectivity index (χ0) is 14.7. The van der Waals surface area contributed by atoms with E-state index in [1.807, 2.05) is 0 Å². The van der Waals surface area contributed by atoms with Gasteiger partial charge in [-0.25, -0.2) is 4.79 Å². The van der Waals surface area contributed by atoms with Crippen molar-refractivity contribution in [2.45, 2.75) is 13.0 Å². The lowest BCUT2D eigenvalue weighted by Gasteiger charge is -2.12. The summed E-state index contributed by atoms with van der Waals surface area (Å²) in [4.78, 5) is 23.6. The van der Waals surface area contributed by atoms with Crippen LogP contribution in [-0.4, -0.2) is 30.9 Å². The number of esters is 1. The molecule has 1 aromatic heterocycles. The normalized spacial score (nSPS) is 12.2. The summed E-state index contributed by atoms with van der Waals surface area (Å²) in [5.74, 6) is -0.343. The molecule has 6 nitrogen and oxygen atoms in total. The van der Waals surface area contributed by atoms with Crippen LogP contribution in [0.25, 0.3) is 11.0 Å². The van der Waals surface area contributed by atoms with E-state index in [1.165, 1.54) is 13.2 Å². The van der Waals surface area contributed by atoms with Crippen LogP contribution in [0.2, 0.25) is 0 Å². The maximum absolute atomic E-state index is 12.2. The van der Waals surface area contributed by atoms with Crippen LogP contribution in [0.3, 0.4) is 0 Å². The average Bonchev–Trinajstić information content (AvgIpc) is 2.47. The molecule has 1 aromatic carbocycles. The number of carbonyl (C=O) groups excluding carboxylic acids is 1. The largest absolute Gasteiger partial charge is 0.488 e. The smallest absolute Gasteiger partial charge is 0.345 e. The van der Waals surface area contributed by atoms with Crippen molar-refractivity contribution in [2.24, 2.45) is 0 Å². The molecular weight excluding hydrogens is 264 g/mol. The van der Waals surface area contributed by atoms with Crippen LogP contribution in [0.1, 0.15) is 17.3 Å². The number of benzene rings is 1. The van der Waals surface area contributed by atoms with Crippen LogP contribution in [0.15, 0.2) is 33.7 Å². The van der Waals surface area contributed by atoms with E-state index in [9.17, 15) is 9.59 Å². The first-order valence-electron chi connectivity index (χ1n) is 5.98. The monoisotopic (exact) mass is 278 g/mol. The number of ether oxygens (including phenoxy) is 2. The summed E-state index contributed by atoms with van der Waals surface area (Å²) in [7, 11) is 1.19. The molecule has 0 spiro atoms. The molecule has 0 aliphatic carbocycles. The van der Waals surface area contributed by atoms with Gasteiger partial charge >= 0.3 is 5.97 Å². The lowest BCUT2D eigenvalue weighted by molar-refractivity contribution is 0.0597. The average molecular weight is 278 g/mol. The van der Waals surface area contributed by atoms with E-state index < -0.39 is 17.5 Å². The van der Waals surface area contributed by atoms with Crippen LogP contribution in [0, 0.1) is 0 Å². The molecular formula is C14H14O6. The lowest BCUT2D eigenvalue weighted by atomic mass is 10.1. The minimum Gasteiger partial charge on any atom is -0.488 e. The molecule has 2 aromatic rings. The van der Waals surface area contributed by atoms with Gasteiger partial charge in [0.2, 0.25) is 5.43 Å². The molecule has 0 aliphatic heterocycles. The highest BCUT2D eigenvalue weighted by Crippen LogP contribution is 2.20. The van der Waals surface area contributed by atoms with Crippen molar-refractivity contribution < 1.29 is 23.8 Å². The van der Waals surface area contributed by atoms with E-state index in [0.29, 0.717) is 11.3 Å². The highest BCUT2D eigenvalue weighted by atomic mass is 16.5. The van der Waals surface area contributed by atoms with Gasteiger partial charge in [0.1, 0.15) is 29.3 Å². The fourth-order valence-electron chi connectivity index (χ4n) is 1.70. The Hall–Kier alpha value is -2.34. The van der Waals surface area contributed by atoms with Gasteiger partial charge in [-0.05, 0) is 25.1 Å². The molecule has 1 heterocycles. The molecule has 20 heavy (non-hydrogen) atoms. The zero-order valence-electron chi connectivity index (χ0n) is 11.1. The van der Waals surface area contributed by atoms with Gasteiger partial charge in [-0.1, -0.05) is 0 Å². The van der Waals surface area contributed by atoms with Crippen LogP contribution >= 0.6 is 0 Å². The van der Waals surface area contributed by atoms with Crippen molar-refractivity contribution in [3.8, 4) is 5.75 Å². The standard InChI is InChI=1S/C14H14O6/c1-8(6-15)20-9-3-4-12-10(5-9)13(16)11(7-19-12)14(17)18-2/h3-5,7-8,15H,6H2,1-2H3. The third kappa shape index (κ3) is 2.65. The predicted octanol–water partition coefficient (Wildman–Crippen LogP) is 1.34. The first-order chi connectivity index (χ1) is 9.56.